The van der Waals surface area contributed by atoms with Gasteiger partial charge in [0.05, 0.1) is 5.54 Å². The van der Waals surface area contributed by atoms with Crippen LogP contribution >= 0.6 is 11.3 Å². The number of hydrogen-bond donors (Lipinski definition) is 2. The first-order valence-corrected chi connectivity index (χ1v) is 10.7. The van der Waals surface area contributed by atoms with Crippen molar-refractivity contribution in [3.05, 3.63) is 28.7 Å². The molecule has 0 radical (unpaired) electrons. The Balaban J connectivity index is 1.67. The highest BCUT2D eigenvalue weighted by molar-refractivity contribution is 7.15. The first kappa shape index (κ1) is 20.7. The van der Waals surface area contributed by atoms with E-state index in [0.717, 1.165) is 48.2 Å². The lowest BCUT2D eigenvalue weighted by Crippen LogP contribution is -2.53. The second kappa shape index (κ2) is 8.53. The van der Waals surface area contributed by atoms with Gasteiger partial charge < -0.3 is 16.0 Å². The predicted octanol–water partition coefficient (Wildman–Crippen LogP) is 3.38. The Morgan fingerprint density at radius 1 is 1.36 bits per heavy atom. The number of nitrogens with two attached hydrogens (primary N) is 1. The van der Waals surface area contributed by atoms with Crippen molar-refractivity contribution in [2.24, 2.45) is 5.73 Å². The summed E-state index contributed by atoms with van der Waals surface area (Å²) in [4.78, 5) is 29.1. The number of rotatable bonds is 6. The molecule has 1 aliphatic rings. The normalized spacial score (nSPS) is 15.7. The van der Waals surface area contributed by atoms with Crippen molar-refractivity contribution in [1.29, 1.82) is 0 Å². The minimum atomic E-state index is -0.820. The third kappa shape index (κ3) is 5.05. The zero-order valence-corrected chi connectivity index (χ0v) is 18.0. The van der Waals surface area contributed by atoms with Gasteiger partial charge in [0.1, 0.15) is 11.6 Å². The standard InChI is InChI=1S/C20H30N6OS/c1-5-6-15-12-22-19(28-15)25-17-11-16(23-13(2)24-17)14-7-9-26(10-8-14)18(27)20(3,4)21/h11-12,14H,5-10,21H2,1-4H3,(H,22,23,24,25). The fourth-order valence-corrected chi connectivity index (χ4v) is 4.41. The average Bonchev–Trinajstić information content (AvgIpc) is 3.07. The van der Waals surface area contributed by atoms with Crippen molar-refractivity contribution in [1.82, 2.24) is 19.9 Å². The molecule has 0 bridgehead atoms. The lowest BCUT2D eigenvalue weighted by atomic mass is 9.92. The van der Waals surface area contributed by atoms with Gasteiger partial charge in [0.15, 0.2) is 5.13 Å². The van der Waals surface area contributed by atoms with Crippen molar-refractivity contribution in [3.8, 4) is 0 Å². The minimum absolute atomic E-state index is 0.0128. The van der Waals surface area contributed by atoms with Crippen LogP contribution in [-0.4, -0.2) is 44.4 Å². The predicted molar refractivity (Wildman–Crippen MR) is 113 cm³/mol. The summed E-state index contributed by atoms with van der Waals surface area (Å²) in [6, 6.07) is 2.02. The molecule has 7 nitrogen and oxygen atoms in total. The SMILES string of the molecule is CCCc1cnc(Nc2cc(C3CCN(C(=O)C(C)(C)N)CC3)nc(C)n2)s1. The van der Waals surface area contributed by atoms with Crippen molar-refractivity contribution < 1.29 is 4.79 Å². The van der Waals surface area contributed by atoms with Crippen LogP contribution in [0.4, 0.5) is 10.9 Å². The van der Waals surface area contributed by atoms with Gasteiger partial charge in [0.25, 0.3) is 0 Å². The van der Waals surface area contributed by atoms with Crippen molar-refractivity contribution in [3.63, 3.8) is 0 Å². The van der Waals surface area contributed by atoms with Crippen LogP contribution in [-0.2, 0) is 11.2 Å². The van der Waals surface area contributed by atoms with Gasteiger partial charge in [-0.3, -0.25) is 4.79 Å². The van der Waals surface area contributed by atoms with Crippen LogP contribution < -0.4 is 11.1 Å². The summed E-state index contributed by atoms with van der Waals surface area (Å²) in [6.07, 6.45) is 5.85. The van der Waals surface area contributed by atoms with Gasteiger partial charge in [0.2, 0.25) is 5.91 Å². The van der Waals surface area contributed by atoms with Crippen molar-refractivity contribution >= 4 is 28.2 Å². The van der Waals surface area contributed by atoms with E-state index in [0.29, 0.717) is 19.0 Å². The number of nitrogens with zero attached hydrogens (tertiary/aromatic N) is 4. The highest BCUT2D eigenvalue weighted by Gasteiger charge is 2.31. The van der Waals surface area contributed by atoms with E-state index in [1.165, 1.54) is 4.88 Å². The summed E-state index contributed by atoms with van der Waals surface area (Å²) in [6.45, 7) is 9.02. The largest absolute Gasteiger partial charge is 0.341 e. The zero-order chi connectivity index (χ0) is 20.3. The first-order chi connectivity index (χ1) is 13.3. The highest BCUT2D eigenvalue weighted by atomic mass is 32.1. The number of thiazole rings is 1. The molecule has 2 aromatic heterocycles. The topological polar surface area (TPSA) is 97.0 Å². The Hall–Kier alpha value is -2.06. The number of aryl methyl sites for hydroxylation is 2. The molecule has 1 saturated heterocycles. The summed E-state index contributed by atoms with van der Waals surface area (Å²) < 4.78 is 0. The van der Waals surface area contributed by atoms with E-state index in [-0.39, 0.29) is 5.91 Å². The van der Waals surface area contributed by atoms with Crippen LogP contribution in [0.2, 0.25) is 0 Å². The number of carbonyl (C=O) groups excluding carboxylic acids is 1. The van der Waals surface area contributed by atoms with E-state index >= 15 is 0 Å². The van der Waals surface area contributed by atoms with Crippen LogP contribution in [0.25, 0.3) is 0 Å². The molecule has 8 heteroatoms. The molecule has 0 saturated carbocycles. The third-order valence-corrected chi connectivity index (χ3v) is 5.87. The van der Waals surface area contributed by atoms with Gasteiger partial charge in [-0.25, -0.2) is 15.0 Å². The molecular weight excluding hydrogens is 372 g/mol. The van der Waals surface area contributed by atoms with Crippen molar-refractivity contribution in [2.75, 3.05) is 18.4 Å². The number of carbonyl (C=O) groups is 1. The first-order valence-electron chi connectivity index (χ1n) is 9.92. The van der Waals surface area contributed by atoms with E-state index < -0.39 is 5.54 Å². The number of anilines is 2. The molecular formula is C20H30N6OS. The summed E-state index contributed by atoms with van der Waals surface area (Å²) in [5.41, 5.74) is 6.17. The molecule has 3 N–H and O–H groups in total. The van der Waals surface area contributed by atoms with Crippen LogP contribution in [0.15, 0.2) is 12.3 Å². The quantitative estimate of drug-likeness (QED) is 0.769. The Kier molecular flexibility index (Phi) is 6.30. The van der Waals surface area contributed by atoms with E-state index in [1.807, 2.05) is 24.1 Å². The molecule has 0 atom stereocenters. The fourth-order valence-electron chi connectivity index (χ4n) is 3.49. The zero-order valence-electron chi connectivity index (χ0n) is 17.2. The van der Waals surface area contributed by atoms with Gasteiger partial charge in [-0.2, -0.15) is 0 Å². The molecule has 2 aromatic rings. The molecule has 0 spiro atoms. The van der Waals surface area contributed by atoms with Crippen LogP contribution in [0.3, 0.4) is 0 Å². The Labute approximate surface area is 170 Å². The van der Waals surface area contributed by atoms with E-state index in [9.17, 15) is 4.79 Å². The number of aromatic nitrogens is 3. The number of piperidine rings is 1. The molecule has 3 rings (SSSR count). The average molecular weight is 403 g/mol. The number of amides is 1. The molecule has 0 unspecified atom stereocenters. The van der Waals surface area contributed by atoms with E-state index in [2.05, 4.69) is 27.2 Å². The number of likely N-dealkylation sites (tertiary alicyclic amines) is 1. The van der Waals surface area contributed by atoms with Gasteiger partial charge >= 0.3 is 0 Å². The second-order valence-corrected chi connectivity index (χ2v) is 9.14. The Bertz CT molecular complexity index is 820. The summed E-state index contributed by atoms with van der Waals surface area (Å²) in [5, 5.41) is 4.18. The van der Waals surface area contributed by atoms with Gasteiger partial charge in [-0.1, -0.05) is 13.3 Å². The van der Waals surface area contributed by atoms with Crippen LogP contribution in [0, 0.1) is 6.92 Å². The molecule has 0 aromatic carbocycles. The maximum atomic E-state index is 12.4. The minimum Gasteiger partial charge on any atom is -0.341 e. The molecule has 28 heavy (non-hydrogen) atoms. The lowest BCUT2D eigenvalue weighted by Gasteiger charge is -2.35. The van der Waals surface area contributed by atoms with Crippen molar-refractivity contribution in [2.45, 2.75) is 64.8 Å². The van der Waals surface area contributed by atoms with Gasteiger partial charge in [-0.15, -0.1) is 11.3 Å². The monoisotopic (exact) mass is 402 g/mol. The maximum Gasteiger partial charge on any atom is 0.242 e. The number of hydrogen-bond acceptors (Lipinski definition) is 7. The van der Waals surface area contributed by atoms with E-state index in [4.69, 9.17) is 5.73 Å². The maximum absolute atomic E-state index is 12.4. The van der Waals surface area contributed by atoms with Gasteiger partial charge in [-0.05, 0) is 40.0 Å². The lowest BCUT2D eigenvalue weighted by molar-refractivity contribution is -0.136. The summed E-state index contributed by atoms with van der Waals surface area (Å²) >= 11 is 1.67. The van der Waals surface area contributed by atoms with Crippen LogP contribution in [0.5, 0.6) is 0 Å². The molecule has 1 fully saturated rings. The smallest absolute Gasteiger partial charge is 0.242 e. The molecule has 152 valence electrons. The molecule has 0 aliphatic carbocycles. The summed E-state index contributed by atoms with van der Waals surface area (Å²) in [7, 11) is 0. The van der Waals surface area contributed by atoms with E-state index in [1.54, 1.807) is 25.2 Å². The van der Waals surface area contributed by atoms with Gasteiger partial charge in [0, 0.05) is 41.8 Å². The van der Waals surface area contributed by atoms with Crippen LogP contribution in [0.1, 0.15) is 62.3 Å². The molecule has 3 heterocycles. The molecule has 1 aliphatic heterocycles. The fraction of sp³-hybridized carbons (Fsp3) is 0.600. The third-order valence-electron chi connectivity index (χ3n) is 4.89. The summed E-state index contributed by atoms with van der Waals surface area (Å²) in [5.74, 6) is 1.85. The Morgan fingerprint density at radius 2 is 2.07 bits per heavy atom. The Morgan fingerprint density at radius 3 is 2.71 bits per heavy atom. The number of nitrogens with one attached hydrogen (secondary N) is 1. The molecule has 1 amide bonds. The highest BCUT2D eigenvalue weighted by Crippen LogP contribution is 2.30. The second-order valence-electron chi connectivity index (χ2n) is 8.02.